The zero-order valence-electron chi connectivity index (χ0n) is 13.9. The molecule has 134 valence electrons. The van der Waals surface area contributed by atoms with E-state index in [0.29, 0.717) is 10.7 Å². The van der Waals surface area contributed by atoms with Crippen LogP contribution in [-0.2, 0) is 10.0 Å². The third-order valence-electron chi connectivity index (χ3n) is 3.65. The van der Waals surface area contributed by atoms with Gasteiger partial charge in [0.2, 0.25) is 0 Å². The van der Waals surface area contributed by atoms with Gasteiger partial charge in [-0.05, 0) is 60.7 Å². The van der Waals surface area contributed by atoms with E-state index < -0.39 is 10.0 Å². The highest BCUT2D eigenvalue weighted by molar-refractivity contribution is 7.92. The largest absolute Gasteiger partial charge is 0.495 e. The Balaban J connectivity index is 1.74. The lowest BCUT2D eigenvalue weighted by atomic mass is 10.2. The molecule has 5 nitrogen and oxygen atoms in total. The van der Waals surface area contributed by atoms with Gasteiger partial charge in [-0.3, -0.25) is 4.72 Å². The predicted octanol–water partition coefficient (Wildman–Crippen LogP) is 4.89. The summed E-state index contributed by atoms with van der Waals surface area (Å²) in [4.78, 5) is 0.151. The maximum Gasteiger partial charge on any atom is 0.261 e. The van der Waals surface area contributed by atoms with Crippen molar-refractivity contribution in [3.63, 3.8) is 0 Å². The van der Waals surface area contributed by atoms with Crippen LogP contribution in [-0.4, -0.2) is 15.5 Å². The summed E-state index contributed by atoms with van der Waals surface area (Å²) in [6.45, 7) is 0. The number of ether oxygens (including phenoxy) is 1. The van der Waals surface area contributed by atoms with E-state index in [4.69, 9.17) is 16.3 Å². The number of rotatable bonds is 6. The zero-order chi connectivity index (χ0) is 18.6. The van der Waals surface area contributed by atoms with Crippen molar-refractivity contribution in [1.29, 1.82) is 0 Å². The summed E-state index contributed by atoms with van der Waals surface area (Å²) in [6, 6.07) is 20.5. The zero-order valence-corrected chi connectivity index (χ0v) is 15.5. The molecule has 0 atom stereocenters. The molecule has 3 aromatic carbocycles. The molecular weight excluding hydrogens is 372 g/mol. The summed E-state index contributed by atoms with van der Waals surface area (Å²) in [6.07, 6.45) is 0. The van der Waals surface area contributed by atoms with Crippen molar-refractivity contribution in [3.8, 4) is 5.75 Å². The van der Waals surface area contributed by atoms with Crippen molar-refractivity contribution < 1.29 is 13.2 Å². The Labute approximate surface area is 157 Å². The van der Waals surface area contributed by atoms with Crippen LogP contribution in [0, 0.1) is 0 Å². The molecule has 26 heavy (non-hydrogen) atoms. The highest BCUT2D eigenvalue weighted by atomic mass is 35.5. The minimum atomic E-state index is -3.66. The number of nitrogens with one attached hydrogen (secondary N) is 2. The molecular formula is C19H17ClN2O3S. The molecule has 0 aliphatic rings. The van der Waals surface area contributed by atoms with Crippen molar-refractivity contribution >= 4 is 38.7 Å². The molecule has 0 aromatic heterocycles. The van der Waals surface area contributed by atoms with E-state index in [9.17, 15) is 8.42 Å². The van der Waals surface area contributed by atoms with E-state index in [1.165, 1.54) is 24.3 Å². The number of anilines is 3. The number of halogens is 1. The summed E-state index contributed by atoms with van der Waals surface area (Å²) in [5, 5.41) is 3.72. The third kappa shape index (κ3) is 4.28. The number of hydrogen-bond donors (Lipinski definition) is 2. The molecule has 2 N–H and O–H groups in total. The van der Waals surface area contributed by atoms with Gasteiger partial charge < -0.3 is 10.1 Å². The molecule has 0 unspecified atom stereocenters. The molecule has 0 heterocycles. The van der Waals surface area contributed by atoms with Crippen molar-refractivity contribution in [3.05, 3.63) is 77.8 Å². The summed E-state index contributed by atoms with van der Waals surface area (Å²) >= 11 is 5.80. The molecule has 0 saturated carbocycles. The van der Waals surface area contributed by atoms with Crippen LogP contribution >= 0.6 is 11.6 Å². The number of methoxy groups -OCH3 is 1. The normalized spacial score (nSPS) is 11.0. The van der Waals surface area contributed by atoms with Crippen LogP contribution in [0.2, 0.25) is 5.02 Å². The molecule has 0 aliphatic heterocycles. The fourth-order valence-corrected chi connectivity index (χ4v) is 3.54. The Morgan fingerprint density at radius 3 is 2.12 bits per heavy atom. The molecule has 0 fully saturated rings. The molecule has 0 radical (unpaired) electrons. The van der Waals surface area contributed by atoms with Gasteiger partial charge in [-0.2, -0.15) is 0 Å². The first-order chi connectivity index (χ1) is 12.5. The van der Waals surface area contributed by atoms with Crippen LogP contribution in [0.25, 0.3) is 0 Å². The second-order valence-corrected chi connectivity index (χ2v) is 7.58. The van der Waals surface area contributed by atoms with Crippen molar-refractivity contribution in [2.45, 2.75) is 4.90 Å². The average Bonchev–Trinajstić information content (AvgIpc) is 2.64. The van der Waals surface area contributed by atoms with Gasteiger partial charge in [0.25, 0.3) is 10.0 Å². The van der Waals surface area contributed by atoms with Gasteiger partial charge in [0.15, 0.2) is 0 Å². The lowest BCUT2D eigenvalue weighted by Gasteiger charge is -2.12. The summed E-state index contributed by atoms with van der Waals surface area (Å²) < 4.78 is 32.6. The van der Waals surface area contributed by atoms with Crippen LogP contribution in [0.5, 0.6) is 5.75 Å². The van der Waals surface area contributed by atoms with E-state index >= 15 is 0 Å². The molecule has 3 rings (SSSR count). The van der Waals surface area contributed by atoms with Crippen LogP contribution in [0.1, 0.15) is 0 Å². The maximum atomic E-state index is 12.4. The van der Waals surface area contributed by atoms with E-state index in [1.807, 2.05) is 24.3 Å². The Kier molecular flexibility index (Phi) is 5.35. The van der Waals surface area contributed by atoms with Gasteiger partial charge in [-0.15, -0.1) is 0 Å². The topological polar surface area (TPSA) is 67.4 Å². The van der Waals surface area contributed by atoms with Gasteiger partial charge in [0.05, 0.1) is 17.7 Å². The Morgan fingerprint density at radius 1 is 0.846 bits per heavy atom. The predicted molar refractivity (Wildman–Crippen MR) is 105 cm³/mol. The molecule has 3 aromatic rings. The molecule has 7 heteroatoms. The molecule has 0 aliphatic carbocycles. The average molecular weight is 389 g/mol. The number of benzene rings is 3. The Bertz CT molecular complexity index is 988. The lowest BCUT2D eigenvalue weighted by Crippen LogP contribution is -2.12. The van der Waals surface area contributed by atoms with Crippen molar-refractivity contribution in [2.24, 2.45) is 0 Å². The third-order valence-corrected chi connectivity index (χ3v) is 5.30. The SMILES string of the molecule is COc1ccccc1Nc1ccc(NS(=O)(=O)c2ccc(Cl)cc2)cc1. The second-order valence-electron chi connectivity index (χ2n) is 5.46. The smallest absolute Gasteiger partial charge is 0.261 e. The van der Waals surface area contributed by atoms with Gasteiger partial charge >= 0.3 is 0 Å². The fraction of sp³-hybridized carbons (Fsp3) is 0.0526. The van der Waals surface area contributed by atoms with E-state index in [0.717, 1.165) is 17.1 Å². The first-order valence-electron chi connectivity index (χ1n) is 7.76. The van der Waals surface area contributed by atoms with E-state index in [2.05, 4.69) is 10.0 Å². The van der Waals surface area contributed by atoms with E-state index in [1.54, 1.807) is 31.4 Å². The van der Waals surface area contributed by atoms with Crippen LogP contribution < -0.4 is 14.8 Å². The standard InChI is InChI=1S/C19H17ClN2O3S/c1-25-19-5-3-2-4-18(19)21-15-8-10-16(11-9-15)22-26(23,24)17-12-6-14(20)7-13-17/h2-13,21-22H,1H3. The van der Waals surface area contributed by atoms with Crippen LogP contribution in [0.4, 0.5) is 17.1 Å². The summed E-state index contributed by atoms with van der Waals surface area (Å²) in [5.74, 6) is 0.722. The number of hydrogen-bond acceptors (Lipinski definition) is 4. The van der Waals surface area contributed by atoms with Crippen LogP contribution in [0.15, 0.2) is 77.7 Å². The fourth-order valence-electron chi connectivity index (χ4n) is 2.35. The minimum Gasteiger partial charge on any atom is -0.495 e. The first-order valence-corrected chi connectivity index (χ1v) is 9.62. The highest BCUT2D eigenvalue weighted by Crippen LogP contribution is 2.28. The summed E-state index contributed by atoms with van der Waals surface area (Å²) in [7, 11) is -2.06. The summed E-state index contributed by atoms with van der Waals surface area (Å²) in [5.41, 5.74) is 2.10. The van der Waals surface area contributed by atoms with Gasteiger partial charge in [0, 0.05) is 16.4 Å². The van der Waals surface area contributed by atoms with Gasteiger partial charge in [0.1, 0.15) is 5.75 Å². The van der Waals surface area contributed by atoms with Gasteiger partial charge in [-0.1, -0.05) is 23.7 Å². The van der Waals surface area contributed by atoms with Crippen LogP contribution in [0.3, 0.4) is 0 Å². The van der Waals surface area contributed by atoms with Gasteiger partial charge in [-0.25, -0.2) is 8.42 Å². The first kappa shape index (κ1) is 18.1. The molecule has 0 bridgehead atoms. The Morgan fingerprint density at radius 2 is 1.46 bits per heavy atom. The van der Waals surface area contributed by atoms with E-state index in [-0.39, 0.29) is 4.90 Å². The minimum absolute atomic E-state index is 0.151. The lowest BCUT2D eigenvalue weighted by molar-refractivity contribution is 0.417. The maximum absolute atomic E-state index is 12.4. The number of para-hydroxylation sites is 2. The van der Waals surface area contributed by atoms with Crippen molar-refractivity contribution in [2.75, 3.05) is 17.1 Å². The van der Waals surface area contributed by atoms with Crippen molar-refractivity contribution in [1.82, 2.24) is 0 Å². The molecule has 0 saturated heterocycles. The monoisotopic (exact) mass is 388 g/mol. The molecule has 0 spiro atoms. The quantitative estimate of drug-likeness (QED) is 0.630. The Hall–Kier alpha value is -2.70. The highest BCUT2D eigenvalue weighted by Gasteiger charge is 2.14. The second kappa shape index (κ2) is 7.68. The molecule has 0 amide bonds. The number of sulfonamides is 1.